The van der Waals surface area contributed by atoms with Crippen molar-refractivity contribution >= 4 is 37.7 Å². The maximum atomic E-state index is 12.0. The van der Waals surface area contributed by atoms with E-state index < -0.39 is 22.5 Å². The smallest absolute Gasteiger partial charge is 0.318 e. The van der Waals surface area contributed by atoms with Crippen LogP contribution in [0.3, 0.4) is 0 Å². The van der Waals surface area contributed by atoms with Crippen LogP contribution in [-0.2, 0) is 25.3 Å². The molecule has 0 spiro atoms. The van der Waals surface area contributed by atoms with E-state index in [-0.39, 0.29) is 11.8 Å². The summed E-state index contributed by atoms with van der Waals surface area (Å²) in [5.74, 6) is -0.854. The van der Waals surface area contributed by atoms with Gasteiger partial charge in [0, 0.05) is 6.54 Å². The third kappa shape index (κ3) is 5.40. The molecule has 1 aromatic heterocycles. The first kappa shape index (κ1) is 19.1. The van der Waals surface area contributed by atoms with Crippen molar-refractivity contribution in [3.63, 3.8) is 0 Å². The Morgan fingerprint density at radius 2 is 2.29 bits per heavy atom. The Morgan fingerprint density at radius 1 is 1.54 bits per heavy atom. The van der Waals surface area contributed by atoms with E-state index in [0.717, 1.165) is 6.42 Å². The number of halogens is 1. The van der Waals surface area contributed by atoms with Gasteiger partial charge in [-0.1, -0.05) is 6.92 Å². The second kappa shape index (κ2) is 8.24. The number of rotatable bonds is 7. The molecule has 1 aliphatic rings. The van der Waals surface area contributed by atoms with Gasteiger partial charge in [-0.3, -0.25) is 4.79 Å². The summed E-state index contributed by atoms with van der Waals surface area (Å²) in [6.07, 6.45) is 0.891. The van der Waals surface area contributed by atoms with Crippen molar-refractivity contribution in [2.45, 2.75) is 25.1 Å². The monoisotopic (exact) mass is 421 g/mol. The van der Waals surface area contributed by atoms with Crippen molar-refractivity contribution in [2.75, 3.05) is 31.2 Å². The van der Waals surface area contributed by atoms with Crippen LogP contribution in [0.5, 0.6) is 0 Å². The van der Waals surface area contributed by atoms with Crippen LogP contribution in [-0.4, -0.2) is 56.8 Å². The van der Waals surface area contributed by atoms with Gasteiger partial charge >= 0.3 is 5.97 Å². The SMILES string of the molecule is CC[C@H]1COCCN1c1cc(CS(=O)(=O)NCC(=O)O)cc(Br)n1. The van der Waals surface area contributed by atoms with Crippen LogP contribution in [0, 0.1) is 0 Å². The number of anilines is 1. The molecule has 2 heterocycles. The number of carboxylic acids is 1. The fourth-order valence-corrected chi connectivity index (χ4v) is 4.03. The standard InChI is InChI=1S/C14H20BrN3O5S/c1-2-11-8-23-4-3-18(11)13-6-10(5-12(15)17-13)9-24(21,22)16-7-14(19)20/h5-6,11,16H,2-4,7-9H2,1H3,(H,19,20)/t11-/m0/s1. The maximum absolute atomic E-state index is 12.0. The number of nitrogens with zero attached hydrogens (tertiary/aromatic N) is 2. The molecule has 10 heteroatoms. The normalized spacial score (nSPS) is 18.6. The fourth-order valence-electron chi connectivity index (χ4n) is 2.50. The van der Waals surface area contributed by atoms with Gasteiger partial charge in [-0.05, 0) is 40.0 Å². The number of hydrogen-bond donors (Lipinski definition) is 2. The molecule has 8 nitrogen and oxygen atoms in total. The van der Waals surface area contributed by atoms with E-state index in [1.54, 1.807) is 12.1 Å². The van der Waals surface area contributed by atoms with Crippen molar-refractivity contribution in [1.82, 2.24) is 9.71 Å². The molecule has 0 unspecified atom stereocenters. The Morgan fingerprint density at radius 3 is 2.96 bits per heavy atom. The quantitative estimate of drug-likeness (QED) is 0.630. The van der Waals surface area contributed by atoms with Crippen LogP contribution >= 0.6 is 15.9 Å². The molecule has 2 N–H and O–H groups in total. The van der Waals surface area contributed by atoms with Gasteiger partial charge in [0.2, 0.25) is 10.0 Å². The van der Waals surface area contributed by atoms with Crippen LogP contribution in [0.25, 0.3) is 0 Å². The second-order valence-electron chi connectivity index (χ2n) is 5.46. The van der Waals surface area contributed by atoms with Crippen molar-refractivity contribution in [3.8, 4) is 0 Å². The van der Waals surface area contributed by atoms with E-state index in [2.05, 4.69) is 32.7 Å². The lowest BCUT2D eigenvalue weighted by molar-refractivity contribution is -0.135. The predicted octanol–water partition coefficient (Wildman–Crippen LogP) is 0.963. The molecule has 134 valence electrons. The van der Waals surface area contributed by atoms with E-state index in [0.29, 0.717) is 35.7 Å². The summed E-state index contributed by atoms with van der Waals surface area (Å²) in [6.45, 7) is 3.32. The van der Waals surface area contributed by atoms with E-state index >= 15 is 0 Å². The third-order valence-electron chi connectivity index (χ3n) is 3.63. The summed E-state index contributed by atoms with van der Waals surface area (Å²) in [5, 5.41) is 8.59. The number of sulfonamides is 1. The topological polar surface area (TPSA) is 109 Å². The van der Waals surface area contributed by atoms with Crippen LogP contribution in [0.1, 0.15) is 18.9 Å². The van der Waals surface area contributed by atoms with Crippen molar-refractivity contribution in [2.24, 2.45) is 0 Å². The molecule has 1 aliphatic heterocycles. The third-order valence-corrected chi connectivity index (χ3v) is 5.34. The molecular weight excluding hydrogens is 402 g/mol. The van der Waals surface area contributed by atoms with Gasteiger partial charge < -0.3 is 14.7 Å². The fraction of sp³-hybridized carbons (Fsp3) is 0.571. The van der Waals surface area contributed by atoms with Gasteiger partial charge in [0.15, 0.2) is 0 Å². The number of aliphatic carboxylic acids is 1. The van der Waals surface area contributed by atoms with Crippen LogP contribution in [0.2, 0.25) is 0 Å². The molecule has 2 rings (SSSR count). The first-order chi connectivity index (χ1) is 11.3. The first-order valence-corrected chi connectivity index (χ1v) is 9.95. The average Bonchev–Trinajstić information content (AvgIpc) is 2.52. The molecule has 0 amide bonds. The zero-order valence-corrected chi connectivity index (χ0v) is 15.6. The lowest BCUT2D eigenvalue weighted by Gasteiger charge is -2.36. The molecule has 0 aromatic carbocycles. The van der Waals surface area contributed by atoms with Crippen molar-refractivity contribution in [1.29, 1.82) is 0 Å². The number of pyridine rings is 1. The van der Waals surface area contributed by atoms with Gasteiger partial charge in [0.25, 0.3) is 0 Å². The van der Waals surface area contributed by atoms with Crippen molar-refractivity contribution < 1.29 is 23.1 Å². The summed E-state index contributed by atoms with van der Waals surface area (Å²) in [5.41, 5.74) is 0.533. The number of carbonyl (C=O) groups is 1. The van der Waals surface area contributed by atoms with Crippen molar-refractivity contribution in [3.05, 3.63) is 22.3 Å². The largest absolute Gasteiger partial charge is 0.480 e. The maximum Gasteiger partial charge on any atom is 0.318 e. The van der Waals surface area contributed by atoms with Gasteiger partial charge in [0.05, 0.1) is 25.0 Å². The molecule has 24 heavy (non-hydrogen) atoms. The van der Waals surface area contributed by atoms with Crippen LogP contribution in [0.4, 0.5) is 5.82 Å². The highest BCUT2D eigenvalue weighted by molar-refractivity contribution is 9.10. The average molecular weight is 422 g/mol. The molecule has 1 aromatic rings. The predicted molar refractivity (Wildman–Crippen MR) is 92.4 cm³/mol. The molecule has 0 aliphatic carbocycles. The van der Waals surface area contributed by atoms with E-state index in [1.165, 1.54) is 0 Å². The first-order valence-electron chi connectivity index (χ1n) is 7.50. The highest BCUT2D eigenvalue weighted by atomic mass is 79.9. The minimum atomic E-state index is -3.74. The number of hydrogen-bond acceptors (Lipinski definition) is 6. The Balaban J connectivity index is 2.20. The lowest BCUT2D eigenvalue weighted by atomic mass is 10.1. The highest BCUT2D eigenvalue weighted by Crippen LogP contribution is 2.24. The molecule has 1 saturated heterocycles. The summed E-state index contributed by atoms with van der Waals surface area (Å²) < 4.78 is 32.0. The van der Waals surface area contributed by atoms with E-state index in [4.69, 9.17) is 9.84 Å². The van der Waals surface area contributed by atoms with Gasteiger partial charge in [-0.2, -0.15) is 0 Å². The Labute approximate surface area is 149 Å². The van der Waals surface area contributed by atoms with Gasteiger partial charge in [0.1, 0.15) is 17.0 Å². The summed E-state index contributed by atoms with van der Waals surface area (Å²) >= 11 is 3.31. The summed E-state index contributed by atoms with van der Waals surface area (Å²) in [6, 6.07) is 3.53. The Bertz CT molecular complexity index is 698. The molecule has 0 saturated carbocycles. The number of morpholine rings is 1. The number of ether oxygens (including phenoxy) is 1. The highest BCUT2D eigenvalue weighted by Gasteiger charge is 2.24. The van der Waals surface area contributed by atoms with Gasteiger partial charge in [-0.25, -0.2) is 18.1 Å². The number of carboxylic acid groups (broad SMARTS) is 1. The molecule has 0 bridgehead atoms. The second-order valence-corrected chi connectivity index (χ2v) is 8.08. The lowest BCUT2D eigenvalue weighted by Crippen LogP contribution is -2.45. The van der Waals surface area contributed by atoms with E-state index in [1.807, 2.05) is 4.72 Å². The zero-order valence-electron chi connectivity index (χ0n) is 13.2. The summed E-state index contributed by atoms with van der Waals surface area (Å²) in [4.78, 5) is 17.1. The molecule has 1 fully saturated rings. The molecular formula is C14H20BrN3O5S. The number of aromatic nitrogens is 1. The van der Waals surface area contributed by atoms with Gasteiger partial charge in [-0.15, -0.1) is 0 Å². The number of nitrogens with one attached hydrogen (secondary N) is 1. The van der Waals surface area contributed by atoms with E-state index in [9.17, 15) is 13.2 Å². The minimum Gasteiger partial charge on any atom is -0.480 e. The minimum absolute atomic E-state index is 0.190. The summed E-state index contributed by atoms with van der Waals surface area (Å²) in [7, 11) is -3.74. The van der Waals surface area contributed by atoms with Crippen LogP contribution in [0.15, 0.2) is 16.7 Å². The molecule has 0 radical (unpaired) electrons. The van der Waals surface area contributed by atoms with Crippen LogP contribution < -0.4 is 9.62 Å². The molecule has 1 atom stereocenters. The Kier molecular flexibility index (Phi) is 6.55. The Hall–Kier alpha value is -1.23. The zero-order chi connectivity index (χ0) is 17.7.